The van der Waals surface area contributed by atoms with Crippen LogP contribution in [0.4, 0.5) is 10.1 Å². The van der Waals surface area contributed by atoms with E-state index in [2.05, 4.69) is 5.32 Å². The number of hydrogen-bond donors (Lipinski definition) is 1. The SMILES string of the molecule is Cc1ccc(N(CC(=O)N(Cc2ccc(F)cc2)C(C)C(=O)NC2CCCCC2)S(=O)(=O)c2ccc(Cl)cc2)cc1C. The number of carbonyl (C=O) groups excluding carboxylic acids is 2. The Bertz CT molecular complexity index is 1510. The number of rotatable bonds is 10. The Labute approximate surface area is 252 Å². The average Bonchev–Trinajstić information content (AvgIpc) is 2.97. The molecular weight excluding hydrogens is 577 g/mol. The van der Waals surface area contributed by atoms with Crippen molar-refractivity contribution < 1.29 is 22.4 Å². The molecule has 1 aliphatic rings. The first-order valence-corrected chi connectivity index (χ1v) is 16.0. The summed E-state index contributed by atoms with van der Waals surface area (Å²) in [6, 6.07) is 15.7. The maximum Gasteiger partial charge on any atom is 0.264 e. The summed E-state index contributed by atoms with van der Waals surface area (Å²) < 4.78 is 42.6. The molecule has 1 atom stereocenters. The number of carbonyl (C=O) groups is 2. The van der Waals surface area contributed by atoms with E-state index in [-0.39, 0.29) is 23.4 Å². The summed E-state index contributed by atoms with van der Waals surface area (Å²) in [7, 11) is -4.20. The van der Waals surface area contributed by atoms with Gasteiger partial charge in [0, 0.05) is 17.6 Å². The van der Waals surface area contributed by atoms with Crippen molar-refractivity contribution in [1.29, 1.82) is 0 Å². The molecule has 0 heterocycles. The number of nitrogens with zero attached hydrogens (tertiary/aromatic N) is 2. The van der Waals surface area contributed by atoms with Crippen molar-refractivity contribution in [3.63, 3.8) is 0 Å². The van der Waals surface area contributed by atoms with Gasteiger partial charge in [0.1, 0.15) is 18.4 Å². The lowest BCUT2D eigenvalue weighted by molar-refractivity contribution is -0.139. The van der Waals surface area contributed by atoms with Crippen LogP contribution in [0.3, 0.4) is 0 Å². The fourth-order valence-corrected chi connectivity index (χ4v) is 6.61. The fraction of sp³-hybridized carbons (Fsp3) is 0.375. The zero-order valence-electron chi connectivity index (χ0n) is 24.1. The van der Waals surface area contributed by atoms with Gasteiger partial charge in [-0.3, -0.25) is 13.9 Å². The summed E-state index contributed by atoms with van der Waals surface area (Å²) >= 11 is 6.01. The van der Waals surface area contributed by atoms with Crippen LogP contribution in [0.5, 0.6) is 0 Å². The quantitative estimate of drug-likeness (QED) is 0.297. The van der Waals surface area contributed by atoms with Crippen LogP contribution in [0.25, 0.3) is 0 Å². The van der Waals surface area contributed by atoms with Gasteiger partial charge in [0.2, 0.25) is 11.8 Å². The minimum absolute atomic E-state index is 0.000124. The fourth-order valence-electron chi connectivity index (χ4n) is 5.08. The highest BCUT2D eigenvalue weighted by atomic mass is 35.5. The number of nitrogens with one attached hydrogen (secondary N) is 1. The second kappa shape index (κ2) is 13.7. The van der Waals surface area contributed by atoms with Gasteiger partial charge in [-0.2, -0.15) is 0 Å². The lowest BCUT2D eigenvalue weighted by Gasteiger charge is -2.33. The molecular formula is C32H37ClFN3O4S. The summed E-state index contributed by atoms with van der Waals surface area (Å²) in [5, 5.41) is 3.45. The largest absolute Gasteiger partial charge is 0.352 e. The number of aryl methyl sites for hydroxylation is 2. The van der Waals surface area contributed by atoms with E-state index in [1.807, 2.05) is 13.8 Å². The van der Waals surface area contributed by atoms with Gasteiger partial charge in [-0.25, -0.2) is 12.8 Å². The minimum atomic E-state index is -4.20. The predicted octanol–water partition coefficient (Wildman–Crippen LogP) is 6.16. The molecule has 7 nitrogen and oxygen atoms in total. The lowest BCUT2D eigenvalue weighted by atomic mass is 9.95. The van der Waals surface area contributed by atoms with Crippen molar-refractivity contribution in [2.24, 2.45) is 0 Å². The van der Waals surface area contributed by atoms with Crippen LogP contribution in [0.15, 0.2) is 71.6 Å². The Kier molecular flexibility index (Phi) is 10.3. The number of sulfonamides is 1. The summed E-state index contributed by atoms with van der Waals surface area (Å²) in [5.41, 5.74) is 2.77. The lowest BCUT2D eigenvalue weighted by Crippen LogP contribution is -2.53. The van der Waals surface area contributed by atoms with E-state index in [4.69, 9.17) is 11.6 Å². The maximum atomic E-state index is 14.1. The molecule has 1 N–H and O–H groups in total. The van der Waals surface area contributed by atoms with Crippen LogP contribution in [0, 0.1) is 19.7 Å². The van der Waals surface area contributed by atoms with Gasteiger partial charge < -0.3 is 10.2 Å². The maximum absolute atomic E-state index is 14.1. The van der Waals surface area contributed by atoms with Gasteiger partial charge in [0.05, 0.1) is 10.6 Å². The van der Waals surface area contributed by atoms with E-state index in [1.54, 1.807) is 37.3 Å². The molecule has 1 fully saturated rings. The zero-order valence-corrected chi connectivity index (χ0v) is 25.7. The molecule has 2 amide bonds. The van der Waals surface area contributed by atoms with Crippen LogP contribution < -0.4 is 9.62 Å². The van der Waals surface area contributed by atoms with Crippen LogP contribution in [-0.2, 0) is 26.2 Å². The van der Waals surface area contributed by atoms with E-state index >= 15 is 0 Å². The van der Waals surface area contributed by atoms with Crippen molar-refractivity contribution >= 4 is 39.1 Å². The van der Waals surface area contributed by atoms with E-state index in [0.29, 0.717) is 16.3 Å². The van der Waals surface area contributed by atoms with E-state index in [1.165, 1.54) is 41.3 Å². The predicted molar refractivity (Wildman–Crippen MR) is 163 cm³/mol. The summed E-state index contributed by atoms with van der Waals surface area (Å²) in [6.45, 7) is 4.87. The van der Waals surface area contributed by atoms with Crippen molar-refractivity contribution in [3.05, 3.63) is 94.3 Å². The third-order valence-electron chi connectivity index (χ3n) is 7.84. The first kappa shape index (κ1) is 31.5. The number of benzene rings is 3. The first-order valence-electron chi connectivity index (χ1n) is 14.2. The smallest absolute Gasteiger partial charge is 0.264 e. The van der Waals surface area contributed by atoms with Crippen molar-refractivity contribution in [3.8, 4) is 0 Å². The topological polar surface area (TPSA) is 86.8 Å². The Balaban J connectivity index is 1.69. The van der Waals surface area contributed by atoms with Crippen LogP contribution in [0.2, 0.25) is 5.02 Å². The van der Waals surface area contributed by atoms with Gasteiger partial charge in [0.25, 0.3) is 10.0 Å². The summed E-state index contributed by atoms with van der Waals surface area (Å²) in [4.78, 5) is 28.8. The Morgan fingerprint density at radius 2 is 1.60 bits per heavy atom. The third kappa shape index (κ3) is 7.69. The monoisotopic (exact) mass is 613 g/mol. The molecule has 0 aromatic heterocycles. The highest BCUT2D eigenvalue weighted by Gasteiger charge is 2.33. The van der Waals surface area contributed by atoms with Crippen LogP contribution in [-0.4, -0.2) is 43.8 Å². The number of anilines is 1. The second-order valence-electron chi connectivity index (χ2n) is 10.9. The average molecular weight is 614 g/mol. The normalized spacial score (nSPS) is 14.7. The van der Waals surface area contributed by atoms with Gasteiger partial charge in [-0.15, -0.1) is 0 Å². The molecule has 10 heteroatoms. The Morgan fingerprint density at radius 3 is 2.21 bits per heavy atom. The zero-order chi connectivity index (χ0) is 30.4. The molecule has 1 saturated carbocycles. The number of halogens is 2. The molecule has 1 unspecified atom stereocenters. The Morgan fingerprint density at radius 1 is 0.952 bits per heavy atom. The second-order valence-corrected chi connectivity index (χ2v) is 13.2. The molecule has 3 aromatic carbocycles. The number of amides is 2. The van der Waals surface area contributed by atoms with Crippen molar-refractivity contribution in [2.45, 2.75) is 76.4 Å². The molecule has 1 aliphatic carbocycles. The molecule has 4 rings (SSSR count). The molecule has 42 heavy (non-hydrogen) atoms. The van der Waals surface area contributed by atoms with Gasteiger partial charge in [-0.1, -0.05) is 49.1 Å². The number of hydrogen-bond acceptors (Lipinski definition) is 4. The first-order chi connectivity index (χ1) is 20.0. The molecule has 0 bridgehead atoms. The van der Waals surface area contributed by atoms with Gasteiger partial charge >= 0.3 is 0 Å². The molecule has 224 valence electrons. The van der Waals surface area contributed by atoms with Gasteiger partial charge in [0.15, 0.2) is 0 Å². The molecule has 0 aliphatic heterocycles. The standard InChI is InChI=1S/C32H37ClFN3O4S/c1-22-9-16-29(19-23(22)2)37(42(40,41)30-17-12-26(33)13-18-30)21-31(38)36(20-25-10-14-27(34)15-11-25)24(3)32(39)35-28-7-5-4-6-8-28/h9-19,24,28H,4-8,20-21H2,1-3H3,(H,35,39). The van der Waals surface area contributed by atoms with E-state index in [9.17, 15) is 22.4 Å². The van der Waals surface area contributed by atoms with Gasteiger partial charge in [-0.05, 0) is 98.8 Å². The van der Waals surface area contributed by atoms with E-state index in [0.717, 1.165) is 47.5 Å². The highest BCUT2D eigenvalue weighted by Crippen LogP contribution is 2.27. The Hall–Kier alpha value is -3.43. The molecule has 0 saturated heterocycles. The summed E-state index contributed by atoms with van der Waals surface area (Å²) in [6.07, 6.45) is 4.96. The summed E-state index contributed by atoms with van der Waals surface area (Å²) in [5.74, 6) is -1.30. The molecule has 3 aromatic rings. The van der Waals surface area contributed by atoms with Crippen molar-refractivity contribution in [1.82, 2.24) is 10.2 Å². The van der Waals surface area contributed by atoms with Crippen molar-refractivity contribution in [2.75, 3.05) is 10.8 Å². The third-order valence-corrected chi connectivity index (χ3v) is 9.88. The highest BCUT2D eigenvalue weighted by molar-refractivity contribution is 7.92. The van der Waals surface area contributed by atoms with Crippen LogP contribution >= 0.6 is 11.6 Å². The molecule has 0 spiro atoms. The minimum Gasteiger partial charge on any atom is -0.352 e. The molecule has 0 radical (unpaired) electrons. The van der Waals surface area contributed by atoms with E-state index < -0.39 is 34.3 Å². The van der Waals surface area contributed by atoms with Crippen LogP contribution in [0.1, 0.15) is 55.7 Å².